The van der Waals surface area contributed by atoms with Gasteiger partial charge in [0.1, 0.15) is 5.82 Å². The normalized spacial score (nSPS) is 10.7. The molecule has 3 aromatic rings. The number of aryl methyl sites for hydroxylation is 1. The Morgan fingerprint density at radius 1 is 1.15 bits per heavy atom. The molecule has 1 aromatic heterocycles. The highest BCUT2D eigenvalue weighted by atomic mass is 19.1. The van der Waals surface area contributed by atoms with Crippen LogP contribution in [0.15, 0.2) is 48.7 Å². The predicted octanol–water partition coefficient (Wildman–Crippen LogP) is 3.87. The molecule has 0 fully saturated rings. The standard InChI is InChI=1S/C16H13FN2O/c1-10-2-4-13(17)15(8-10)19-16(20)12-3-5-14-11(9-12)6-7-18-14/h2-9,18H,1H3,(H,19,20). The summed E-state index contributed by atoms with van der Waals surface area (Å²) in [5.74, 6) is -0.760. The smallest absolute Gasteiger partial charge is 0.255 e. The van der Waals surface area contributed by atoms with E-state index in [2.05, 4.69) is 10.3 Å². The van der Waals surface area contributed by atoms with Gasteiger partial charge in [0.15, 0.2) is 0 Å². The maximum absolute atomic E-state index is 13.6. The maximum atomic E-state index is 13.6. The quantitative estimate of drug-likeness (QED) is 0.728. The van der Waals surface area contributed by atoms with Crippen molar-refractivity contribution in [2.45, 2.75) is 6.92 Å². The minimum atomic E-state index is -0.438. The van der Waals surface area contributed by atoms with Crippen molar-refractivity contribution >= 4 is 22.5 Å². The number of aromatic nitrogens is 1. The van der Waals surface area contributed by atoms with Gasteiger partial charge < -0.3 is 10.3 Å². The summed E-state index contributed by atoms with van der Waals surface area (Å²) < 4.78 is 13.6. The Labute approximate surface area is 115 Å². The second-order valence-electron chi connectivity index (χ2n) is 4.72. The van der Waals surface area contributed by atoms with Crippen molar-refractivity contribution in [1.29, 1.82) is 0 Å². The predicted molar refractivity (Wildman–Crippen MR) is 77.4 cm³/mol. The molecule has 0 saturated carbocycles. The molecule has 2 aromatic carbocycles. The zero-order chi connectivity index (χ0) is 14.1. The first-order chi connectivity index (χ1) is 9.63. The number of benzene rings is 2. The monoisotopic (exact) mass is 268 g/mol. The van der Waals surface area contributed by atoms with Crippen LogP contribution in [0, 0.1) is 12.7 Å². The third-order valence-electron chi connectivity index (χ3n) is 3.19. The van der Waals surface area contributed by atoms with Gasteiger partial charge in [0, 0.05) is 22.7 Å². The van der Waals surface area contributed by atoms with Crippen molar-refractivity contribution in [2.24, 2.45) is 0 Å². The molecular formula is C16H13FN2O. The van der Waals surface area contributed by atoms with Crippen LogP contribution in [0.2, 0.25) is 0 Å². The number of fused-ring (bicyclic) bond motifs is 1. The van der Waals surface area contributed by atoms with Gasteiger partial charge in [0.05, 0.1) is 5.69 Å². The molecule has 0 bridgehead atoms. The molecule has 0 aliphatic carbocycles. The number of aromatic amines is 1. The largest absolute Gasteiger partial charge is 0.361 e. The van der Waals surface area contributed by atoms with Crippen molar-refractivity contribution in [3.05, 3.63) is 65.6 Å². The van der Waals surface area contributed by atoms with E-state index in [1.165, 1.54) is 6.07 Å². The molecule has 0 aliphatic rings. The summed E-state index contributed by atoms with van der Waals surface area (Å²) in [7, 11) is 0. The number of nitrogens with one attached hydrogen (secondary N) is 2. The highest BCUT2D eigenvalue weighted by Crippen LogP contribution is 2.19. The molecule has 0 saturated heterocycles. The molecule has 1 amide bonds. The van der Waals surface area contributed by atoms with Crippen LogP contribution in [0.1, 0.15) is 15.9 Å². The molecule has 0 unspecified atom stereocenters. The number of carbonyl (C=O) groups excluding carboxylic acids is 1. The summed E-state index contributed by atoms with van der Waals surface area (Å²) in [6.07, 6.45) is 1.81. The van der Waals surface area contributed by atoms with E-state index in [0.717, 1.165) is 16.5 Å². The van der Waals surface area contributed by atoms with E-state index in [4.69, 9.17) is 0 Å². The number of carbonyl (C=O) groups is 1. The third-order valence-corrected chi connectivity index (χ3v) is 3.19. The van der Waals surface area contributed by atoms with Gasteiger partial charge in [-0.2, -0.15) is 0 Å². The van der Waals surface area contributed by atoms with E-state index < -0.39 is 5.82 Å². The van der Waals surface area contributed by atoms with Crippen LogP contribution in [-0.2, 0) is 0 Å². The Hall–Kier alpha value is -2.62. The van der Waals surface area contributed by atoms with E-state index in [9.17, 15) is 9.18 Å². The minimum absolute atomic E-state index is 0.198. The highest BCUT2D eigenvalue weighted by Gasteiger charge is 2.10. The van der Waals surface area contributed by atoms with Crippen LogP contribution in [0.4, 0.5) is 10.1 Å². The first kappa shape index (κ1) is 12.4. The van der Waals surface area contributed by atoms with E-state index in [1.807, 2.05) is 25.3 Å². The number of halogens is 1. The van der Waals surface area contributed by atoms with Gasteiger partial charge in [-0.15, -0.1) is 0 Å². The van der Waals surface area contributed by atoms with Crippen molar-refractivity contribution in [1.82, 2.24) is 4.98 Å². The Balaban J connectivity index is 1.90. The van der Waals surface area contributed by atoms with Crippen LogP contribution in [-0.4, -0.2) is 10.9 Å². The van der Waals surface area contributed by atoms with Crippen molar-refractivity contribution in [3.63, 3.8) is 0 Å². The number of hydrogen-bond donors (Lipinski definition) is 2. The minimum Gasteiger partial charge on any atom is -0.361 e. The Kier molecular flexibility index (Phi) is 2.99. The molecule has 100 valence electrons. The molecule has 0 aliphatic heterocycles. The van der Waals surface area contributed by atoms with E-state index in [0.29, 0.717) is 5.56 Å². The van der Waals surface area contributed by atoms with Crippen molar-refractivity contribution in [2.75, 3.05) is 5.32 Å². The highest BCUT2D eigenvalue weighted by molar-refractivity contribution is 6.06. The number of H-pyrrole nitrogens is 1. The lowest BCUT2D eigenvalue weighted by Crippen LogP contribution is -2.13. The fourth-order valence-electron chi connectivity index (χ4n) is 2.12. The topological polar surface area (TPSA) is 44.9 Å². The fourth-order valence-corrected chi connectivity index (χ4v) is 2.12. The summed E-state index contributed by atoms with van der Waals surface area (Å²) in [5, 5.41) is 3.55. The first-order valence-corrected chi connectivity index (χ1v) is 6.28. The summed E-state index contributed by atoms with van der Waals surface area (Å²) >= 11 is 0. The lowest BCUT2D eigenvalue weighted by atomic mass is 10.1. The zero-order valence-electron chi connectivity index (χ0n) is 10.9. The van der Waals surface area contributed by atoms with Gasteiger partial charge in [0.2, 0.25) is 0 Å². The van der Waals surface area contributed by atoms with Crippen molar-refractivity contribution < 1.29 is 9.18 Å². The molecule has 20 heavy (non-hydrogen) atoms. The second kappa shape index (κ2) is 4.81. The molecular weight excluding hydrogens is 255 g/mol. The Bertz CT molecular complexity index is 792. The number of anilines is 1. The van der Waals surface area contributed by atoms with Crippen LogP contribution in [0.25, 0.3) is 10.9 Å². The van der Waals surface area contributed by atoms with Crippen molar-refractivity contribution in [3.8, 4) is 0 Å². The van der Waals surface area contributed by atoms with Crippen LogP contribution >= 0.6 is 0 Å². The number of rotatable bonds is 2. The van der Waals surface area contributed by atoms with Gasteiger partial charge in [-0.3, -0.25) is 4.79 Å². The first-order valence-electron chi connectivity index (χ1n) is 6.28. The molecule has 3 rings (SSSR count). The molecule has 4 heteroatoms. The number of amides is 1. The average Bonchev–Trinajstić information content (AvgIpc) is 2.90. The van der Waals surface area contributed by atoms with E-state index in [1.54, 1.807) is 24.3 Å². The fraction of sp³-hybridized carbons (Fsp3) is 0.0625. The van der Waals surface area contributed by atoms with Gasteiger partial charge in [-0.1, -0.05) is 6.07 Å². The van der Waals surface area contributed by atoms with Gasteiger partial charge >= 0.3 is 0 Å². The van der Waals surface area contributed by atoms with Crippen LogP contribution in [0.3, 0.4) is 0 Å². The molecule has 2 N–H and O–H groups in total. The molecule has 1 heterocycles. The Morgan fingerprint density at radius 3 is 2.85 bits per heavy atom. The third kappa shape index (κ3) is 2.28. The van der Waals surface area contributed by atoms with Gasteiger partial charge in [-0.05, 0) is 48.9 Å². The average molecular weight is 268 g/mol. The van der Waals surface area contributed by atoms with E-state index >= 15 is 0 Å². The summed E-state index contributed by atoms with van der Waals surface area (Å²) in [4.78, 5) is 15.2. The van der Waals surface area contributed by atoms with Crippen LogP contribution in [0.5, 0.6) is 0 Å². The lowest BCUT2D eigenvalue weighted by molar-refractivity contribution is 0.102. The molecule has 0 radical (unpaired) electrons. The van der Waals surface area contributed by atoms with Crippen LogP contribution < -0.4 is 5.32 Å². The molecule has 3 nitrogen and oxygen atoms in total. The lowest BCUT2D eigenvalue weighted by Gasteiger charge is -2.07. The second-order valence-corrected chi connectivity index (χ2v) is 4.72. The Morgan fingerprint density at radius 2 is 2.00 bits per heavy atom. The summed E-state index contributed by atoms with van der Waals surface area (Å²) in [6.45, 7) is 1.85. The molecule has 0 spiro atoms. The summed E-state index contributed by atoms with van der Waals surface area (Å²) in [6, 6.07) is 11.8. The molecule has 0 atom stereocenters. The van der Waals surface area contributed by atoms with E-state index in [-0.39, 0.29) is 11.6 Å². The van der Waals surface area contributed by atoms with Gasteiger partial charge in [0.25, 0.3) is 5.91 Å². The maximum Gasteiger partial charge on any atom is 0.255 e. The van der Waals surface area contributed by atoms with Gasteiger partial charge in [-0.25, -0.2) is 4.39 Å². The summed E-state index contributed by atoms with van der Waals surface area (Å²) in [5.41, 5.74) is 2.55. The SMILES string of the molecule is Cc1ccc(F)c(NC(=O)c2ccc3[nH]ccc3c2)c1. The zero-order valence-corrected chi connectivity index (χ0v) is 10.9. The number of hydrogen-bond acceptors (Lipinski definition) is 1.